The molecule has 9 N–H and O–H groups in total. The average molecular weight is 820 g/mol. The van der Waals surface area contributed by atoms with E-state index in [0.29, 0.717) is 73.5 Å². The summed E-state index contributed by atoms with van der Waals surface area (Å²) in [5, 5.41) is 46.9. The second-order valence-corrected chi connectivity index (χ2v) is 16.8. The molecule has 4 aliphatic heterocycles. The van der Waals surface area contributed by atoms with E-state index < -0.39 is 35.6 Å². The first-order valence-electron chi connectivity index (χ1n) is 21.2. The predicted molar refractivity (Wildman–Crippen MR) is 229 cm³/mol. The van der Waals surface area contributed by atoms with Gasteiger partial charge in [0.1, 0.15) is 58.1 Å². The fourth-order valence-corrected chi connectivity index (χ4v) is 10.1. The van der Waals surface area contributed by atoms with Crippen molar-refractivity contribution in [2.24, 2.45) is 17.6 Å². The Hall–Kier alpha value is -5.50. The summed E-state index contributed by atoms with van der Waals surface area (Å²) in [6, 6.07) is 6.69. The normalized spacial score (nSPS) is 25.9. The Morgan fingerprint density at radius 1 is 1.18 bits per heavy atom. The van der Waals surface area contributed by atoms with Crippen LogP contribution in [0.5, 0.6) is 17.2 Å². The van der Waals surface area contributed by atoms with Gasteiger partial charge >= 0.3 is 5.97 Å². The number of hydrogen-bond donors (Lipinski definition) is 8. The number of aryl methyl sites for hydroxylation is 1. The van der Waals surface area contributed by atoms with Crippen LogP contribution in [0.15, 0.2) is 92.1 Å². The summed E-state index contributed by atoms with van der Waals surface area (Å²) in [4.78, 5) is 28.3. The van der Waals surface area contributed by atoms with Crippen LogP contribution in [0.4, 0.5) is 0 Å². The van der Waals surface area contributed by atoms with E-state index >= 15 is 0 Å². The summed E-state index contributed by atoms with van der Waals surface area (Å²) in [5.74, 6) is -0.653. The number of fused-ring (bicyclic) bond motifs is 5. The number of dihydropyridines is 2. The van der Waals surface area contributed by atoms with Crippen LogP contribution in [-0.4, -0.2) is 65.8 Å². The molecule has 1 aliphatic carbocycles. The maximum atomic E-state index is 14.2. The highest BCUT2D eigenvalue weighted by Crippen LogP contribution is 2.56. The van der Waals surface area contributed by atoms with Gasteiger partial charge in [-0.2, -0.15) is 0 Å². The van der Waals surface area contributed by atoms with E-state index in [1.165, 1.54) is 6.07 Å². The molecular weight excluding hydrogens is 763 g/mol. The van der Waals surface area contributed by atoms with Crippen LogP contribution >= 0.6 is 0 Å². The van der Waals surface area contributed by atoms with Gasteiger partial charge in [0, 0.05) is 53.8 Å². The number of aromatic hydroxyl groups is 2. The fourth-order valence-electron chi connectivity index (χ4n) is 10.1. The van der Waals surface area contributed by atoms with Crippen molar-refractivity contribution in [1.29, 1.82) is 0 Å². The molecule has 6 atom stereocenters. The fraction of sp³-hybridized carbons (Fsp3) is 0.447. The van der Waals surface area contributed by atoms with E-state index in [2.05, 4.69) is 46.4 Å². The zero-order valence-corrected chi connectivity index (χ0v) is 34.8. The molecule has 2 aromatic carbocycles. The molecule has 5 heterocycles. The van der Waals surface area contributed by atoms with Gasteiger partial charge in [-0.05, 0) is 124 Å². The summed E-state index contributed by atoms with van der Waals surface area (Å²) in [7, 11) is 1.83. The van der Waals surface area contributed by atoms with Gasteiger partial charge < -0.3 is 50.9 Å². The van der Waals surface area contributed by atoms with Crippen LogP contribution in [0, 0.1) is 11.8 Å². The summed E-state index contributed by atoms with van der Waals surface area (Å²) in [6.07, 6.45) is 12.7. The molecule has 5 aliphatic rings. The van der Waals surface area contributed by atoms with Gasteiger partial charge in [-0.15, -0.1) is 0 Å². The largest absolute Gasteiger partial charge is 0.508 e. The summed E-state index contributed by atoms with van der Waals surface area (Å²) < 4.78 is 20.5. The Morgan fingerprint density at radius 3 is 2.75 bits per heavy atom. The Morgan fingerprint density at radius 2 is 2.02 bits per heavy atom. The van der Waals surface area contributed by atoms with Crippen molar-refractivity contribution in [2.75, 3.05) is 26.7 Å². The number of nitrogens with two attached hydrogens (primary N) is 1. The Labute approximate surface area is 350 Å². The van der Waals surface area contributed by atoms with Crippen LogP contribution in [0.1, 0.15) is 80.4 Å². The van der Waals surface area contributed by atoms with Crippen LogP contribution in [0.25, 0.3) is 11.0 Å². The average Bonchev–Trinajstić information content (AvgIpc) is 3.29. The topological polar surface area (TPSA) is 201 Å². The van der Waals surface area contributed by atoms with Gasteiger partial charge in [0.25, 0.3) is 0 Å². The standard InChI is InChI=1S/C47H57N5O8/c1-5-26(13-15-49-4)46(57)59-37-22-35-42(56)41-36(55)21-32(24-53)58-44(41)40-34-20-29-19-31(54)11-10-27(29)8-9-28(39-33(34)14-16-51-45(39)48)18-30(47(37,3)60-43(35)40)17-25-7-12-38(50-6-2)52-23-25/h5,7,10-12,14,19,21,23,28,30,34,37-38,49-54,56H,6,8-9,13,15-18,20,22,24,48H2,1-4H3. The zero-order valence-electron chi connectivity index (χ0n) is 34.8. The second-order valence-electron chi connectivity index (χ2n) is 16.8. The quantitative estimate of drug-likeness (QED) is 0.102. The SMILES string of the molecule is CC=C(CCNC)C(=O)OC1Cc2c3c(c4oc(CO)cc(=O)c4c2O)C2Cc4cc(O)ccc4CCC(CC(CC4=CNC(NCC)C=C4)C1(C)O3)C1=C(N)NCC=C12. The lowest BCUT2D eigenvalue weighted by Gasteiger charge is -2.49. The van der Waals surface area contributed by atoms with Crippen molar-refractivity contribution in [3.05, 3.63) is 121 Å². The second kappa shape index (κ2) is 16.9. The van der Waals surface area contributed by atoms with Gasteiger partial charge in [0.15, 0.2) is 5.43 Å². The maximum Gasteiger partial charge on any atom is 0.334 e. The van der Waals surface area contributed by atoms with Crippen molar-refractivity contribution in [3.8, 4) is 17.2 Å². The number of likely N-dealkylation sites (N-methyl/N-ethyl adjacent to an activating group) is 1. The number of hydrogen-bond acceptors (Lipinski definition) is 13. The summed E-state index contributed by atoms with van der Waals surface area (Å²) in [6.45, 7) is 7.17. The van der Waals surface area contributed by atoms with Crippen molar-refractivity contribution < 1.29 is 34.0 Å². The van der Waals surface area contributed by atoms with Crippen LogP contribution in [-0.2, 0) is 35.4 Å². The van der Waals surface area contributed by atoms with Crippen molar-refractivity contribution >= 4 is 16.9 Å². The molecule has 0 amide bonds. The molecule has 318 valence electrons. The number of phenolic OH excluding ortho intramolecular Hbond substituents is 2. The number of rotatable bonds is 10. The third-order valence-electron chi connectivity index (χ3n) is 13.3. The monoisotopic (exact) mass is 819 g/mol. The van der Waals surface area contributed by atoms with Crippen LogP contribution in [0.3, 0.4) is 0 Å². The summed E-state index contributed by atoms with van der Waals surface area (Å²) in [5.41, 5.74) is 11.8. The zero-order chi connectivity index (χ0) is 42.3. The number of benzene rings is 2. The molecular formula is C47H57N5O8. The number of carbonyl (C=O) groups excluding carboxylic acids is 1. The van der Waals surface area contributed by atoms with E-state index in [9.17, 15) is 24.9 Å². The molecule has 0 fully saturated rings. The minimum Gasteiger partial charge on any atom is -0.508 e. The van der Waals surface area contributed by atoms with E-state index in [0.717, 1.165) is 40.8 Å². The van der Waals surface area contributed by atoms with Gasteiger partial charge in [0.05, 0.1) is 6.17 Å². The number of ether oxygens (including phenoxy) is 2. The number of esters is 1. The molecule has 0 radical (unpaired) electrons. The van der Waals surface area contributed by atoms with Gasteiger partial charge in [-0.1, -0.05) is 31.2 Å². The first kappa shape index (κ1) is 41.2. The molecule has 4 bridgehead atoms. The van der Waals surface area contributed by atoms with E-state index in [1.807, 2.05) is 33.2 Å². The van der Waals surface area contributed by atoms with Crippen molar-refractivity contribution in [2.45, 2.75) is 96.1 Å². The molecule has 0 saturated heterocycles. The number of aliphatic hydroxyl groups is 1. The lowest BCUT2D eigenvalue weighted by Crippen LogP contribution is -2.57. The highest BCUT2D eigenvalue weighted by atomic mass is 16.6. The first-order valence-corrected chi connectivity index (χ1v) is 21.2. The van der Waals surface area contributed by atoms with E-state index in [-0.39, 0.29) is 52.7 Å². The van der Waals surface area contributed by atoms with Gasteiger partial charge in [0.2, 0.25) is 0 Å². The van der Waals surface area contributed by atoms with Crippen LogP contribution < -0.4 is 37.2 Å². The third kappa shape index (κ3) is 7.47. The molecule has 3 aromatic rings. The highest BCUT2D eigenvalue weighted by Gasteiger charge is 2.54. The molecule has 0 saturated carbocycles. The van der Waals surface area contributed by atoms with Gasteiger partial charge in [-0.25, -0.2) is 4.79 Å². The maximum absolute atomic E-state index is 14.2. The molecule has 13 nitrogen and oxygen atoms in total. The molecule has 1 aromatic heterocycles. The third-order valence-corrected chi connectivity index (χ3v) is 13.3. The predicted octanol–water partition coefficient (Wildman–Crippen LogP) is 4.84. The number of carbonyl (C=O) groups is 1. The lowest BCUT2D eigenvalue weighted by atomic mass is 9.67. The highest BCUT2D eigenvalue weighted by molar-refractivity contribution is 5.92. The number of aliphatic hydroxyl groups excluding tert-OH is 1. The molecule has 0 spiro atoms. The molecule has 8 rings (SSSR count). The van der Waals surface area contributed by atoms with Crippen molar-refractivity contribution in [1.82, 2.24) is 21.3 Å². The van der Waals surface area contributed by atoms with Crippen molar-refractivity contribution in [3.63, 3.8) is 0 Å². The minimum absolute atomic E-state index is 0.0178. The van der Waals surface area contributed by atoms with E-state index in [4.69, 9.17) is 19.6 Å². The Kier molecular flexibility index (Phi) is 11.6. The minimum atomic E-state index is -1.19. The number of phenols is 2. The summed E-state index contributed by atoms with van der Waals surface area (Å²) >= 11 is 0. The van der Waals surface area contributed by atoms with Crippen LogP contribution in [0.2, 0.25) is 0 Å². The first-order chi connectivity index (χ1) is 29.0. The molecule has 6 unspecified atom stereocenters. The molecule has 13 heteroatoms. The Bertz CT molecular complexity index is 2410. The lowest BCUT2D eigenvalue weighted by molar-refractivity contribution is -0.165. The Balaban J connectivity index is 1.43. The van der Waals surface area contributed by atoms with Gasteiger partial charge in [-0.3, -0.25) is 10.1 Å². The number of nitrogens with one attached hydrogen (secondary N) is 4. The smallest absolute Gasteiger partial charge is 0.334 e. The van der Waals surface area contributed by atoms with E-state index in [1.54, 1.807) is 18.2 Å². The molecule has 60 heavy (non-hydrogen) atoms. The number of allylic oxidation sites excluding steroid dienone is 5.